The normalized spacial score (nSPS) is 31.5. The number of rotatable bonds is 2. The Morgan fingerprint density at radius 3 is 2.14 bits per heavy atom. The van der Waals surface area contributed by atoms with Crippen LogP contribution in [0.5, 0.6) is 0 Å². The van der Waals surface area contributed by atoms with E-state index >= 15 is 0 Å². The van der Waals surface area contributed by atoms with E-state index in [9.17, 15) is 9.59 Å². The fraction of sp³-hybridized carbons (Fsp3) is 0.800. The van der Waals surface area contributed by atoms with Crippen molar-refractivity contribution in [1.29, 1.82) is 0 Å². The Labute approximate surface area is 83.9 Å². The van der Waals surface area contributed by atoms with Gasteiger partial charge in [0.2, 0.25) is 5.91 Å². The molecule has 0 aromatic carbocycles. The van der Waals surface area contributed by atoms with E-state index in [1.165, 1.54) is 4.90 Å². The lowest BCUT2D eigenvalue weighted by molar-refractivity contribution is -0.148. The lowest BCUT2D eigenvalue weighted by atomic mass is 9.95. The Morgan fingerprint density at radius 1 is 1.21 bits per heavy atom. The van der Waals surface area contributed by atoms with Crippen molar-refractivity contribution in [1.82, 2.24) is 4.90 Å². The Hall–Kier alpha value is -1.06. The molecule has 0 radical (unpaired) electrons. The predicted octanol–water partition coefficient (Wildman–Crippen LogP) is 0.821. The summed E-state index contributed by atoms with van der Waals surface area (Å²) in [7, 11) is 3.34. The summed E-state index contributed by atoms with van der Waals surface area (Å²) in [6.07, 6.45) is 1.33. The van der Waals surface area contributed by atoms with E-state index in [-0.39, 0.29) is 11.8 Å². The highest BCUT2D eigenvalue weighted by atomic mass is 16.4. The summed E-state index contributed by atoms with van der Waals surface area (Å²) in [5.74, 6) is -1.36. The second-order valence-electron chi connectivity index (χ2n) is 4.36. The first-order valence-corrected chi connectivity index (χ1v) is 4.87. The molecule has 1 saturated carbocycles. The van der Waals surface area contributed by atoms with Crippen LogP contribution in [0.4, 0.5) is 0 Å². The molecule has 1 amide bonds. The fourth-order valence-electron chi connectivity index (χ4n) is 2.17. The summed E-state index contributed by atoms with van der Waals surface area (Å²) < 4.78 is 0. The van der Waals surface area contributed by atoms with Crippen molar-refractivity contribution in [3.05, 3.63) is 0 Å². The summed E-state index contributed by atoms with van der Waals surface area (Å²) in [6, 6.07) is 0. The molecular formula is C10H17NO3. The molecule has 1 aliphatic carbocycles. The van der Waals surface area contributed by atoms with Crippen molar-refractivity contribution in [3.8, 4) is 0 Å². The average Bonchev–Trinajstić information content (AvgIpc) is 2.45. The van der Waals surface area contributed by atoms with Crippen LogP contribution in [0.25, 0.3) is 0 Å². The molecule has 4 heteroatoms. The first-order valence-electron chi connectivity index (χ1n) is 4.87. The molecule has 1 aliphatic rings. The van der Waals surface area contributed by atoms with Gasteiger partial charge in [-0.05, 0) is 18.8 Å². The molecule has 0 heterocycles. The molecule has 0 aromatic rings. The average molecular weight is 199 g/mol. The highest BCUT2D eigenvalue weighted by molar-refractivity contribution is 5.85. The number of carbonyl (C=O) groups is 2. The first kappa shape index (κ1) is 11.0. The Bertz CT molecular complexity index is 250. The molecule has 1 fully saturated rings. The monoisotopic (exact) mass is 199 g/mol. The maximum absolute atomic E-state index is 11.7. The molecule has 3 atom stereocenters. The number of amides is 1. The van der Waals surface area contributed by atoms with Crippen LogP contribution in [0.15, 0.2) is 0 Å². The number of carbonyl (C=O) groups excluding carboxylic acids is 1. The summed E-state index contributed by atoms with van der Waals surface area (Å²) in [4.78, 5) is 24.1. The summed E-state index contributed by atoms with van der Waals surface area (Å²) in [6.45, 7) is 2.00. The predicted molar refractivity (Wildman–Crippen MR) is 51.7 cm³/mol. The minimum atomic E-state index is -0.838. The van der Waals surface area contributed by atoms with Gasteiger partial charge in [-0.25, -0.2) is 0 Å². The van der Waals surface area contributed by atoms with Gasteiger partial charge in [0, 0.05) is 14.1 Å². The molecule has 0 bridgehead atoms. The molecule has 0 aliphatic heterocycles. The van der Waals surface area contributed by atoms with Gasteiger partial charge in [0.05, 0.1) is 11.8 Å². The van der Waals surface area contributed by atoms with Gasteiger partial charge < -0.3 is 10.0 Å². The molecule has 1 N–H and O–H groups in total. The van der Waals surface area contributed by atoms with Gasteiger partial charge in [-0.15, -0.1) is 0 Å². The molecule has 0 aromatic heterocycles. The number of nitrogens with zero attached hydrogens (tertiary/aromatic N) is 1. The van der Waals surface area contributed by atoms with E-state index in [4.69, 9.17) is 5.11 Å². The van der Waals surface area contributed by atoms with Gasteiger partial charge in [0.25, 0.3) is 0 Å². The third kappa shape index (κ3) is 2.05. The van der Waals surface area contributed by atoms with E-state index < -0.39 is 11.9 Å². The summed E-state index contributed by atoms with van der Waals surface area (Å²) >= 11 is 0. The van der Waals surface area contributed by atoms with Crippen LogP contribution in [0.1, 0.15) is 19.8 Å². The SMILES string of the molecule is CC1CC(C(=O)O)C(C(=O)N(C)C)C1. The minimum Gasteiger partial charge on any atom is -0.481 e. The molecule has 3 unspecified atom stereocenters. The Kier molecular flexibility index (Phi) is 3.13. The van der Waals surface area contributed by atoms with Crippen LogP contribution < -0.4 is 0 Å². The number of aliphatic carboxylic acids is 1. The first-order chi connectivity index (χ1) is 6.43. The van der Waals surface area contributed by atoms with Crippen LogP contribution in [0, 0.1) is 17.8 Å². The van der Waals surface area contributed by atoms with Crippen LogP contribution >= 0.6 is 0 Å². The van der Waals surface area contributed by atoms with E-state index in [2.05, 4.69) is 0 Å². The zero-order valence-corrected chi connectivity index (χ0v) is 8.86. The molecule has 1 rings (SSSR count). The third-order valence-electron chi connectivity index (χ3n) is 2.87. The molecule has 0 spiro atoms. The van der Waals surface area contributed by atoms with Gasteiger partial charge in [0.15, 0.2) is 0 Å². The largest absolute Gasteiger partial charge is 0.481 e. The molecule has 80 valence electrons. The zero-order valence-electron chi connectivity index (χ0n) is 8.86. The standard InChI is InChI=1S/C10H17NO3/c1-6-4-7(9(12)11(2)3)8(5-6)10(13)14/h6-8H,4-5H2,1-3H3,(H,13,14). The molecular weight excluding hydrogens is 182 g/mol. The quantitative estimate of drug-likeness (QED) is 0.716. The van der Waals surface area contributed by atoms with E-state index in [1.54, 1.807) is 14.1 Å². The fourth-order valence-corrected chi connectivity index (χ4v) is 2.17. The van der Waals surface area contributed by atoms with Gasteiger partial charge in [-0.3, -0.25) is 9.59 Å². The molecule has 14 heavy (non-hydrogen) atoms. The van der Waals surface area contributed by atoms with Gasteiger partial charge in [0.1, 0.15) is 0 Å². The molecule has 4 nitrogen and oxygen atoms in total. The van der Waals surface area contributed by atoms with Crippen molar-refractivity contribution in [3.63, 3.8) is 0 Å². The second kappa shape index (κ2) is 3.98. The van der Waals surface area contributed by atoms with Crippen LogP contribution in [0.3, 0.4) is 0 Å². The molecule has 0 saturated heterocycles. The van der Waals surface area contributed by atoms with Crippen LogP contribution in [0.2, 0.25) is 0 Å². The van der Waals surface area contributed by atoms with Crippen molar-refractivity contribution in [2.75, 3.05) is 14.1 Å². The summed E-state index contributed by atoms with van der Waals surface area (Å²) in [5, 5.41) is 8.96. The number of carboxylic acids is 1. The maximum Gasteiger partial charge on any atom is 0.307 e. The highest BCUT2D eigenvalue weighted by Crippen LogP contribution is 2.37. The number of carboxylic acid groups (broad SMARTS) is 1. The van der Waals surface area contributed by atoms with Crippen molar-refractivity contribution >= 4 is 11.9 Å². The zero-order chi connectivity index (χ0) is 10.9. The van der Waals surface area contributed by atoms with E-state index in [0.717, 1.165) is 0 Å². The van der Waals surface area contributed by atoms with E-state index in [0.29, 0.717) is 18.8 Å². The van der Waals surface area contributed by atoms with Crippen molar-refractivity contribution < 1.29 is 14.7 Å². The Balaban J connectivity index is 2.76. The maximum atomic E-state index is 11.7. The minimum absolute atomic E-state index is 0.0539. The van der Waals surface area contributed by atoms with Gasteiger partial charge in [-0.1, -0.05) is 6.92 Å². The van der Waals surface area contributed by atoms with E-state index in [1.807, 2.05) is 6.92 Å². The third-order valence-corrected chi connectivity index (χ3v) is 2.87. The smallest absolute Gasteiger partial charge is 0.307 e. The highest BCUT2D eigenvalue weighted by Gasteiger charge is 2.41. The Morgan fingerprint density at radius 2 is 1.71 bits per heavy atom. The number of hydrogen-bond acceptors (Lipinski definition) is 2. The lowest BCUT2D eigenvalue weighted by Gasteiger charge is -2.19. The topological polar surface area (TPSA) is 57.6 Å². The van der Waals surface area contributed by atoms with Gasteiger partial charge >= 0.3 is 5.97 Å². The van der Waals surface area contributed by atoms with Crippen LogP contribution in [-0.4, -0.2) is 36.0 Å². The van der Waals surface area contributed by atoms with Crippen molar-refractivity contribution in [2.45, 2.75) is 19.8 Å². The van der Waals surface area contributed by atoms with Crippen molar-refractivity contribution in [2.24, 2.45) is 17.8 Å². The lowest BCUT2D eigenvalue weighted by Crippen LogP contribution is -2.34. The van der Waals surface area contributed by atoms with Crippen LogP contribution in [-0.2, 0) is 9.59 Å². The summed E-state index contributed by atoms with van der Waals surface area (Å²) in [5.41, 5.74) is 0. The second-order valence-corrected chi connectivity index (χ2v) is 4.36. The van der Waals surface area contributed by atoms with Gasteiger partial charge in [-0.2, -0.15) is 0 Å². The number of hydrogen-bond donors (Lipinski definition) is 1.